The van der Waals surface area contributed by atoms with Gasteiger partial charge in [0.2, 0.25) is 0 Å². The number of rotatable bonds is 5. The lowest BCUT2D eigenvalue weighted by Crippen LogP contribution is -2.22. The first-order valence-electron chi connectivity index (χ1n) is 10.1. The third kappa shape index (κ3) is 3.91. The van der Waals surface area contributed by atoms with Gasteiger partial charge in [-0.2, -0.15) is 0 Å². The SMILES string of the molecule is O=C(NCc1nc(-c2ccccc2)cs1)c1cc(-c2ccc3c(c2)CCCC3)on1. The lowest BCUT2D eigenvalue weighted by molar-refractivity contribution is 0.0942. The van der Waals surface area contributed by atoms with Crippen LogP contribution in [0.15, 0.2) is 64.5 Å². The van der Waals surface area contributed by atoms with Crippen molar-refractivity contribution in [3.8, 4) is 22.6 Å². The first-order valence-corrected chi connectivity index (χ1v) is 11.0. The Bertz CT molecular complexity index is 1180. The van der Waals surface area contributed by atoms with Crippen LogP contribution in [0.4, 0.5) is 0 Å². The van der Waals surface area contributed by atoms with E-state index in [0.29, 0.717) is 12.3 Å². The molecule has 1 N–H and O–H groups in total. The third-order valence-corrected chi connectivity index (χ3v) is 6.25. The van der Waals surface area contributed by atoms with Gasteiger partial charge in [0.05, 0.1) is 12.2 Å². The lowest BCUT2D eigenvalue weighted by atomic mass is 9.90. The van der Waals surface area contributed by atoms with E-state index in [0.717, 1.165) is 34.7 Å². The minimum absolute atomic E-state index is 0.264. The normalized spacial score (nSPS) is 13.1. The fraction of sp³-hybridized carbons (Fsp3) is 0.208. The molecule has 2 heterocycles. The molecule has 0 saturated carbocycles. The van der Waals surface area contributed by atoms with Crippen molar-refractivity contribution in [3.05, 3.63) is 81.8 Å². The maximum Gasteiger partial charge on any atom is 0.273 e. The van der Waals surface area contributed by atoms with Crippen LogP contribution >= 0.6 is 11.3 Å². The highest BCUT2D eigenvalue weighted by Crippen LogP contribution is 2.28. The minimum atomic E-state index is -0.264. The third-order valence-electron chi connectivity index (χ3n) is 5.40. The number of aromatic nitrogens is 2. The minimum Gasteiger partial charge on any atom is -0.355 e. The van der Waals surface area contributed by atoms with Gasteiger partial charge >= 0.3 is 0 Å². The van der Waals surface area contributed by atoms with E-state index in [-0.39, 0.29) is 11.6 Å². The first kappa shape index (κ1) is 18.8. The molecular formula is C24H21N3O2S. The quantitative estimate of drug-likeness (QED) is 0.482. The van der Waals surface area contributed by atoms with Gasteiger partial charge in [-0.15, -0.1) is 11.3 Å². The monoisotopic (exact) mass is 415 g/mol. The number of thiazole rings is 1. The van der Waals surface area contributed by atoms with Gasteiger partial charge in [0.1, 0.15) is 5.01 Å². The van der Waals surface area contributed by atoms with Crippen LogP contribution in [0.3, 0.4) is 0 Å². The Morgan fingerprint density at radius 3 is 2.70 bits per heavy atom. The maximum absolute atomic E-state index is 12.5. The molecule has 30 heavy (non-hydrogen) atoms. The van der Waals surface area contributed by atoms with Crippen LogP contribution in [0.25, 0.3) is 22.6 Å². The molecular weight excluding hydrogens is 394 g/mol. The van der Waals surface area contributed by atoms with E-state index >= 15 is 0 Å². The molecule has 2 aromatic heterocycles. The predicted molar refractivity (Wildman–Crippen MR) is 117 cm³/mol. The van der Waals surface area contributed by atoms with Crippen LogP contribution in [0, 0.1) is 0 Å². The van der Waals surface area contributed by atoms with Gasteiger partial charge in [-0.05, 0) is 42.9 Å². The summed E-state index contributed by atoms with van der Waals surface area (Å²) in [6.45, 7) is 0.359. The van der Waals surface area contributed by atoms with Crippen molar-refractivity contribution < 1.29 is 9.32 Å². The van der Waals surface area contributed by atoms with Gasteiger partial charge in [0.15, 0.2) is 11.5 Å². The zero-order valence-corrected chi connectivity index (χ0v) is 17.2. The molecule has 2 aromatic carbocycles. The first-order chi connectivity index (χ1) is 14.8. The molecule has 1 aliphatic carbocycles. The summed E-state index contributed by atoms with van der Waals surface area (Å²) in [5.74, 6) is 0.355. The second-order valence-electron chi connectivity index (χ2n) is 7.44. The van der Waals surface area contributed by atoms with Crippen molar-refractivity contribution >= 4 is 17.2 Å². The number of carbonyl (C=O) groups excluding carboxylic acids is 1. The van der Waals surface area contributed by atoms with E-state index in [1.165, 1.54) is 35.3 Å². The van der Waals surface area contributed by atoms with Crippen molar-refractivity contribution in [1.82, 2.24) is 15.5 Å². The molecule has 0 radical (unpaired) electrons. The average molecular weight is 416 g/mol. The summed E-state index contributed by atoms with van der Waals surface area (Å²) >= 11 is 1.53. The predicted octanol–water partition coefficient (Wildman–Crippen LogP) is 5.27. The highest BCUT2D eigenvalue weighted by atomic mass is 32.1. The van der Waals surface area contributed by atoms with Crippen LogP contribution in [-0.4, -0.2) is 16.0 Å². The van der Waals surface area contributed by atoms with Crippen molar-refractivity contribution in [2.75, 3.05) is 0 Å². The number of hydrogen-bond donors (Lipinski definition) is 1. The molecule has 150 valence electrons. The summed E-state index contributed by atoms with van der Waals surface area (Å²) in [5.41, 5.74) is 6.02. The highest BCUT2D eigenvalue weighted by Gasteiger charge is 2.16. The molecule has 1 amide bonds. The van der Waals surface area contributed by atoms with Crippen LogP contribution < -0.4 is 5.32 Å². The number of amides is 1. The lowest BCUT2D eigenvalue weighted by Gasteiger charge is -2.15. The van der Waals surface area contributed by atoms with Crippen molar-refractivity contribution in [1.29, 1.82) is 0 Å². The number of nitrogens with one attached hydrogen (secondary N) is 1. The fourth-order valence-corrected chi connectivity index (χ4v) is 4.53. The Morgan fingerprint density at radius 1 is 1.00 bits per heavy atom. The number of carbonyl (C=O) groups is 1. The zero-order valence-electron chi connectivity index (χ0n) is 16.4. The van der Waals surface area contributed by atoms with Gasteiger partial charge in [-0.3, -0.25) is 4.79 Å². The second-order valence-corrected chi connectivity index (χ2v) is 8.38. The standard InChI is InChI=1S/C24H21N3O2S/c28-24(25-14-23-26-21(15-30-23)17-7-2-1-3-8-17)20-13-22(29-27-20)19-11-10-16-6-4-5-9-18(16)12-19/h1-3,7-8,10-13,15H,4-6,9,14H2,(H,25,28). The Morgan fingerprint density at radius 2 is 1.83 bits per heavy atom. The molecule has 4 aromatic rings. The number of benzene rings is 2. The number of nitrogens with zero attached hydrogens (tertiary/aromatic N) is 2. The van der Waals surface area contributed by atoms with E-state index in [9.17, 15) is 4.79 Å². The maximum atomic E-state index is 12.5. The number of fused-ring (bicyclic) bond motifs is 1. The van der Waals surface area contributed by atoms with Gasteiger partial charge < -0.3 is 9.84 Å². The number of hydrogen-bond acceptors (Lipinski definition) is 5. The van der Waals surface area contributed by atoms with Crippen LogP contribution in [0.5, 0.6) is 0 Å². The summed E-state index contributed by atoms with van der Waals surface area (Å²) in [6.07, 6.45) is 4.72. The fourth-order valence-electron chi connectivity index (χ4n) is 3.79. The Hall–Kier alpha value is -3.25. The zero-order chi connectivity index (χ0) is 20.3. The van der Waals surface area contributed by atoms with Crippen molar-refractivity contribution in [3.63, 3.8) is 0 Å². The van der Waals surface area contributed by atoms with E-state index in [4.69, 9.17) is 4.52 Å². The molecule has 6 heteroatoms. The largest absolute Gasteiger partial charge is 0.355 e. The topological polar surface area (TPSA) is 68.0 Å². The Kier molecular flexibility index (Phi) is 5.15. The molecule has 0 bridgehead atoms. The van der Waals surface area contributed by atoms with Crippen LogP contribution in [0.2, 0.25) is 0 Å². The summed E-state index contributed by atoms with van der Waals surface area (Å²) in [7, 11) is 0. The van der Waals surface area contributed by atoms with Crippen molar-refractivity contribution in [2.45, 2.75) is 32.2 Å². The smallest absolute Gasteiger partial charge is 0.273 e. The van der Waals surface area contributed by atoms with Gasteiger partial charge in [0, 0.05) is 22.6 Å². The molecule has 1 aliphatic rings. The highest BCUT2D eigenvalue weighted by molar-refractivity contribution is 7.09. The van der Waals surface area contributed by atoms with Crippen LogP contribution in [0.1, 0.15) is 39.5 Å². The van der Waals surface area contributed by atoms with E-state index in [1.807, 2.05) is 41.8 Å². The Balaban J connectivity index is 1.25. The van der Waals surface area contributed by atoms with E-state index < -0.39 is 0 Å². The van der Waals surface area contributed by atoms with Gasteiger partial charge in [0.25, 0.3) is 5.91 Å². The molecule has 0 spiro atoms. The molecule has 0 fully saturated rings. The summed E-state index contributed by atoms with van der Waals surface area (Å²) < 4.78 is 5.45. The molecule has 5 rings (SSSR count). The molecule has 0 aliphatic heterocycles. The van der Waals surface area contributed by atoms with Crippen LogP contribution in [-0.2, 0) is 19.4 Å². The molecule has 0 saturated heterocycles. The summed E-state index contributed by atoms with van der Waals surface area (Å²) in [6, 6.07) is 18.1. The second kappa shape index (κ2) is 8.24. The summed E-state index contributed by atoms with van der Waals surface area (Å²) in [5, 5.41) is 9.70. The molecule has 5 nitrogen and oxygen atoms in total. The molecule has 0 atom stereocenters. The van der Waals surface area contributed by atoms with E-state index in [1.54, 1.807) is 6.07 Å². The molecule has 0 unspecified atom stereocenters. The average Bonchev–Trinajstić information content (AvgIpc) is 3.48. The number of aryl methyl sites for hydroxylation is 2. The van der Waals surface area contributed by atoms with Gasteiger partial charge in [-0.1, -0.05) is 47.6 Å². The Labute approximate surface area is 178 Å². The van der Waals surface area contributed by atoms with E-state index in [2.05, 4.69) is 27.6 Å². The van der Waals surface area contributed by atoms with Crippen molar-refractivity contribution in [2.24, 2.45) is 0 Å². The summed E-state index contributed by atoms with van der Waals surface area (Å²) in [4.78, 5) is 17.1. The van der Waals surface area contributed by atoms with Gasteiger partial charge in [-0.25, -0.2) is 4.98 Å².